The molecule has 1 rings (SSSR count). The number of nitrogens with one attached hydrogen (secondary N) is 2. The first-order valence-corrected chi connectivity index (χ1v) is 6.57. The summed E-state index contributed by atoms with van der Waals surface area (Å²) in [6.45, 7) is 6.85. The predicted octanol–water partition coefficient (Wildman–Crippen LogP) is 0.509. The number of methoxy groups -OCH3 is 1. The van der Waals surface area contributed by atoms with Crippen LogP contribution in [0, 0.1) is 0 Å². The summed E-state index contributed by atoms with van der Waals surface area (Å²) in [6.07, 6.45) is 1.77. The lowest BCUT2D eigenvalue weighted by atomic mass is 10.1. The summed E-state index contributed by atoms with van der Waals surface area (Å²) in [5, 5.41) is 10.4. The number of carbonyl (C=O) groups is 1. The Morgan fingerprint density at radius 3 is 2.79 bits per heavy atom. The SMILES string of the molecule is COCCNCCNC(=O)c1cn(C)nc1C(C)C. The molecule has 6 heteroatoms. The molecule has 0 unspecified atom stereocenters. The number of nitrogens with zero attached hydrogens (tertiary/aromatic N) is 2. The van der Waals surface area contributed by atoms with Gasteiger partial charge in [0.1, 0.15) is 0 Å². The van der Waals surface area contributed by atoms with E-state index in [4.69, 9.17) is 4.74 Å². The maximum Gasteiger partial charge on any atom is 0.254 e. The standard InChI is InChI=1S/C13H24N4O2/c1-10(2)12-11(9-17(3)16-12)13(18)15-6-5-14-7-8-19-4/h9-10,14H,5-8H2,1-4H3,(H,15,18). The maximum atomic E-state index is 12.1. The smallest absolute Gasteiger partial charge is 0.254 e. The van der Waals surface area contributed by atoms with Crippen LogP contribution in [0.2, 0.25) is 0 Å². The summed E-state index contributed by atoms with van der Waals surface area (Å²) in [7, 11) is 3.49. The minimum Gasteiger partial charge on any atom is -0.383 e. The molecular formula is C13H24N4O2. The van der Waals surface area contributed by atoms with E-state index in [9.17, 15) is 4.79 Å². The van der Waals surface area contributed by atoms with E-state index in [0.717, 1.165) is 18.8 Å². The number of hydrogen-bond acceptors (Lipinski definition) is 4. The predicted molar refractivity (Wildman–Crippen MR) is 74.4 cm³/mol. The first kappa shape index (κ1) is 15.7. The van der Waals surface area contributed by atoms with Gasteiger partial charge in [0.2, 0.25) is 0 Å². The first-order chi connectivity index (χ1) is 9.06. The normalized spacial score (nSPS) is 11.0. The number of hydrogen-bond donors (Lipinski definition) is 2. The third kappa shape index (κ3) is 5.00. The molecule has 0 saturated carbocycles. The van der Waals surface area contributed by atoms with E-state index < -0.39 is 0 Å². The Labute approximate surface area is 114 Å². The second-order valence-electron chi connectivity index (χ2n) is 4.76. The van der Waals surface area contributed by atoms with Crippen molar-refractivity contribution in [2.45, 2.75) is 19.8 Å². The van der Waals surface area contributed by atoms with Crippen LogP contribution in [0.4, 0.5) is 0 Å². The molecule has 1 aromatic heterocycles. The van der Waals surface area contributed by atoms with Gasteiger partial charge in [-0.15, -0.1) is 0 Å². The summed E-state index contributed by atoms with van der Waals surface area (Å²) in [5.74, 6) is 0.173. The number of rotatable bonds is 8. The highest BCUT2D eigenvalue weighted by Gasteiger charge is 2.17. The van der Waals surface area contributed by atoms with Crippen molar-refractivity contribution in [3.8, 4) is 0 Å². The monoisotopic (exact) mass is 268 g/mol. The lowest BCUT2D eigenvalue weighted by molar-refractivity contribution is 0.0952. The third-order valence-corrected chi connectivity index (χ3v) is 2.72. The van der Waals surface area contributed by atoms with E-state index >= 15 is 0 Å². The summed E-state index contributed by atoms with van der Waals surface area (Å²) in [6, 6.07) is 0. The van der Waals surface area contributed by atoms with Gasteiger partial charge in [0.25, 0.3) is 5.91 Å². The Hall–Kier alpha value is -1.40. The van der Waals surface area contributed by atoms with E-state index in [0.29, 0.717) is 18.7 Å². The van der Waals surface area contributed by atoms with Gasteiger partial charge in [0.15, 0.2) is 0 Å². The van der Waals surface area contributed by atoms with E-state index in [2.05, 4.69) is 15.7 Å². The molecular weight excluding hydrogens is 244 g/mol. The van der Waals surface area contributed by atoms with Crippen molar-refractivity contribution < 1.29 is 9.53 Å². The van der Waals surface area contributed by atoms with Crippen molar-refractivity contribution in [3.05, 3.63) is 17.5 Å². The highest BCUT2D eigenvalue weighted by atomic mass is 16.5. The Balaban J connectivity index is 2.41. The number of aryl methyl sites for hydroxylation is 1. The largest absolute Gasteiger partial charge is 0.383 e. The van der Waals surface area contributed by atoms with E-state index in [1.165, 1.54) is 0 Å². The molecule has 0 aromatic carbocycles. The zero-order valence-electron chi connectivity index (χ0n) is 12.2. The van der Waals surface area contributed by atoms with Gasteiger partial charge in [-0.3, -0.25) is 9.48 Å². The van der Waals surface area contributed by atoms with Crippen molar-refractivity contribution in [1.29, 1.82) is 0 Å². The molecule has 108 valence electrons. The number of carbonyl (C=O) groups excluding carboxylic acids is 1. The van der Waals surface area contributed by atoms with Crippen LogP contribution in [0.25, 0.3) is 0 Å². The average Bonchev–Trinajstić information content (AvgIpc) is 2.76. The Kier molecular flexibility index (Phi) is 6.52. The minimum absolute atomic E-state index is 0.0645. The second kappa shape index (κ2) is 7.91. The molecule has 19 heavy (non-hydrogen) atoms. The van der Waals surface area contributed by atoms with Gasteiger partial charge in [0.05, 0.1) is 17.9 Å². The Morgan fingerprint density at radius 2 is 2.16 bits per heavy atom. The zero-order chi connectivity index (χ0) is 14.3. The second-order valence-corrected chi connectivity index (χ2v) is 4.76. The van der Waals surface area contributed by atoms with Crippen LogP contribution in [0.1, 0.15) is 35.8 Å². The molecule has 0 aliphatic heterocycles. The highest BCUT2D eigenvalue weighted by molar-refractivity contribution is 5.95. The average molecular weight is 268 g/mol. The van der Waals surface area contributed by atoms with Gasteiger partial charge in [-0.05, 0) is 5.92 Å². The summed E-state index contributed by atoms with van der Waals surface area (Å²) in [5.41, 5.74) is 1.50. The van der Waals surface area contributed by atoms with Crippen molar-refractivity contribution in [1.82, 2.24) is 20.4 Å². The van der Waals surface area contributed by atoms with Crippen LogP contribution in [0.5, 0.6) is 0 Å². The zero-order valence-corrected chi connectivity index (χ0v) is 12.2. The van der Waals surface area contributed by atoms with E-state index in [-0.39, 0.29) is 11.8 Å². The highest BCUT2D eigenvalue weighted by Crippen LogP contribution is 2.16. The van der Waals surface area contributed by atoms with E-state index in [1.54, 1.807) is 18.0 Å². The quantitative estimate of drug-likeness (QED) is 0.674. The minimum atomic E-state index is -0.0645. The van der Waals surface area contributed by atoms with Crippen LogP contribution >= 0.6 is 0 Å². The molecule has 6 nitrogen and oxygen atoms in total. The van der Waals surface area contributed by atoms with Crippen molar-refractivity contribution in [2.24, 2.45) is 7.05 Å². The van der Waals surface area contributed by atoms with Crippen LogP contribution in [0.15, 0.2) is 6.20 Å². The molecule has 0 saturated heterocycles. The van der Waals surface area contributed by atoms with Crippen molar-refractivity contribution in [3.63, 3.8) is 0 Å². The Morgan fingerprint density at radius 1 is 1.42 bits per heavy atom. The van der Waals surface area contributed by atoms with Gasteiger partial charge in [-0.1, -0.05) is 13.8 Å². The molecule has 1 heterocycles. The molecule has 2 N–H and O–H groups in total. The van der Waals surface area contributed by atoms with Gasteiger partial charge in [-0.25, -0.2) is 0 Å². The lowest BCUT2D eigenvalue weighted by Gasteiger charge is -2.07. The summed E-state index contributed by atoms with van der Waals surface area (Å²) in [4.78, 5) is 12.1. The molecule has 0 radical (unpaired) electrons. The number of ether oxygens (including phenoxy) is 1. The number of aromatic nitrogens is 2. The fraction of sp³-hybridized carbons (Fsp3) is 0.692. The first-order valence-electron chi connectivity index (χ1n) is 6.57. The van der Waals surface area contributed by atoms with Gasteiger partial charge in [0, 0.05) is 40.0 Å². The van der Waals surface area contributed by atoms with Gasteiger partial charge < -0.3 is 15.4 Å². The lowest BCUT2D eigenvalue weighted by Crippen LogP contribution is -2.33. The molecule has 0 aliphatic rings. The number of amides is 1. The van der Waals surface area contributed by atoms with Gasteiger partial charge >= 0.3 is 0 Å². The fourth-order valence-electron chi connectivity index (χ4n) is 1.77. The van der Waals surface area contributed by atoms with Gasteiger partial charge in [-0.2, -0.15) is 5.10 Å². The molecule has 1 amide bonds. The molecule has 0 spiro atoms. The maximum absolute atomic E-state index is 12.1. The van der Waals surface area contributed by atoms with E-state index in [1.807, 2.05) is 20.9 Å². The van der Waals surface area contributed by atoms with Crippen LogP contribution in [0.3, 0.4) is 0 Å². The fourth-order valence-corrected chi connectivity index (χ4v) is 1.77. The summed E-state index contributed by atoms with van der Waals surface area (Å²) >= 11 is 0. The third-order valence-electron chi connectivity index (χ3n) is 2.72. The molecule has 0 atom stereocenters. The molecule has 0 fully saturated rings. The molecule has 0 aliphatic carbocycles. The summed E-state index contributed by atoms with van der Waals surface area (Å²) < 4.78 is 6.60. The topological polar surface area (TPSA) is 68.2 Å². The Bertz CT molecular complexity index is 401. The van der Waals surface area contributed by atoms with Crippen molar-refractivity contribution >= 4 is 5.91 Å². The van der Waals surface area contributed by atoms with Crippen LogP contribution < -0.4 is 10.6 Å². The van der Waals surface area contributed by atoms with Crippen molar-refractivity contribution in [2.75, 3.05) is 33.4 Å². The van der Waals surface area contributed by atoms with Crippen LogP contribution in [-0.2, 0) is 11.8 Å². The molecule has 0 bridgehead atoms. The van der Waals surface area contributed by atoms with Crippen LogP contribution in [-0.4, -0.2) is 49.0 Å². The molecule has 1 aromatic rings.